The summed E-state index contributed by atoms with van der Waals surface area (Å²) in [5.41, 5.74) is 1.73. The number of likely N-dealkylation sites (N-methyl/N-ethyl adjacent to an activating group) is 1. The quantitative estimate of drug-likeness (QED) is 0.893. The molecule has 0 spiro atoms. The van der Waals surface area contributed by atoms with Gasteiger partial charge in [0.25, 0.3) is 5.91 Å². The third kappa shape index (κ3) is 2.24. The number of hydrogen-bond donors (Lipinski definition) is 1. The molecule has 4 heteroatoms. The van der Waals surface area contributed by atoms with E-state index in [1.165, 1.54) is 0 Å². The lowest BCUT2D eigenvalue weighted by Crippen LogP contribution is -2.48. The molecule has 0 bridgehead atoms. The molecular weight excluding hydrogens is 238 g/mol. The van der Waals surface area contributed by atoms with E-state index in [0.717, 1.165) is 49.2 Å². The van der Waals surface area contributed by atoms with Crippen LogP contribution in [0.3, 0.4) is 0 Å². The Labute approximate surface area is 113 Å². The molecule has 0 saturated carbocycles. The van der Waals surface area contributed by atoms with Gasteiger partial charge in [-0.1, -0.05) is 19.1 Å². The minimum atomic E-state index is 0.142. The predicted molar refractivity (Wildman–Crippen MR) is 76.3 cm³/mol. The van der Waals surface area contributed by atoms with Crippen LogP contribution in [0.4, 0.5) is 0 Å². The summed E-state index contributed by atoms with van der Waals surface area (Å²) in [6.45, 7) is 6.82. The second-order valence-corrected chi connectivity index (χ2v) is 4.97. The average molecular weight is 257 g/mol. The number of hydrogen-bond acceptors (Lipinski definition) is 2. The van der Waals surface area contributed by atoms with Crippen molar-refractivity contribution < 1.29 is 4.79 Å². The van der Waals surface area contributed by atoms with E-state index in [-0.39, 0.29) is 5.91 Å². The summed E-state index contributed by atoms with van der Waals surface area (Å²) < 4.78 is 0. The molecule has 1 aromatic carbocycles. The van der Waals surface area contributed by atoms with Crippen LogP contribution in [0.15, 0.2) is 30.5 Å². The summed E-state index contributed by atoms with van der Waals surface area (Å²) in [4.78, 5) is 20.1. The molecule has 1 aliphatic heterocycles. The van der Waals surface area contributed by atoms with Gasteiger partial charge < -0.3 is 14.8 Å². The van der Waals surface area contributed by atoms with Gasteiger partial charge in [0, 0.05) is 37.8 Å². The fraction of sp³-hybridized carbons (Fsp3) is 0.400. The molecule has 0 radical (unpaired) electrons. The monoisotopic (exact) mass is 257 g/mol. The Balaban J connectivity index is 1.82. The molecule has 4 nitrogen and oxygen atoms in total. The molecule has 3 rings (SSSR count). The van der Waals surface area contributed by atoms with Crippen molar-refractivity contribution in [2.45, 2.75) is 6.92 Å². The lowest BCUT2D eigenvalue weighted by Gasteiger charge is -2.34. The lowest BCUT2D eigenvalue weighted by molar-refractivity contribution is 0.0645. The van der Waals surface area contributed by atoms with Gasteiger partial charge in [-0.05, 0) is 18.7 Å². The number of aromatic amines is 1. The SMILES string of the molecule is CCN1CCN(C(=O)c2cccc3cc[nH]c23)CC1. The highest BCUT2D eigenvalue weighted by molar-refractivity contribution is 6.05. The molecule has 1 fully saturated rings. The van der Waals surface area contributed by atoms with Crippen molar-refractivity contribution in [2.75, 3.05) is 32.7 Å². The van der Waals surface area contributed by atoms with E-state index >= 15 is 0 Å². The Morgan fingerprint density at radius 3 is 2.74 bits per heavy atom. The summed E-state index contributed by atoms with van der Waals surface area (Å²) in [5, 5.41) is 1.10. The highest BCUT2D eigenvalue weighted by Crippen LogP contribution is 2.19. The van der Waals surface area contributed by atoms with E-state index < -0.39 is 0 Å². The molecule has 1 aromatic heterocycles. The number of benzene rings is 1. The van der Waals surface area contributed by atoms with Crippen molar-refractivity contribution >= 4 is 16.8 Å². The standard InChI is InChI=1S/C15H19N3O/c1-2-17-8-10-18(11-9-17)15(19)13-5-3-4-12-6-7-16-14(12)13/h3-7,16H,2,8-11H2,1H3. The number of rotatable bonds is 2. The second kappa shape index (κ2) is 5.05. The van der Waals surface area contributed by atoms with Crippen LogP contribution < -0.4 is 0 Å². The normalized spacial score (nSPS) is 17.0. The van der Waals surface area contributed by atoms with Crippen LogP contribution in [0.5, 0.6) is 0 Å². The van der Waals surface area contributed by atoms with E-state index in [1.807, 2.05) is 35.4 Å². The van der Waals surface area contributed by atoms with Crippen molar-refractivity contribution in [3.8, 4) is 0 Å². The minimum absolute atomic E-state index is 0.142. The van der Waals surface area contributed by atoms with Crippen molar-refractivity contribution in [3.63, 3.8) is 0 Å². The Hall–Kier alpha value is -1.81. The smallest absolute Gasteiger partial charge is 0.256 e. The van der Waals surface area contributed by atoms with Crippen LogP contribution in [0.2, 0.25) is 0 Å². The van der Waals surface area contributed by atoms with Crippen LogP contribution in [-0.2, 0) is 0 Å². The van der Waals surface area contributed by atoms with Crippen molar-refractivity contribution in [2.24, 2.45) is 0 Å². The third-order valence-corrected chi connectivity index (χ3v) is 3.92. The van der Waals surface area contributed by atoms with Crippen LogP contribution in [0.1, 0.15) is 17.3 Å². The summed E-state index contributed by atoms with van der Waals surface area (Å²) in [5.74, 6) is 0.142. The number of fused-ring (bicyclic) bond motifs is 1. The van der Waals surface area contributed by atoms with Crippen LogP contribution >= 0.6 is 0 Å². The Morgan fingerprint density at radius 1 is 1.21 bits per heavy atom. The third-order valence-electron chi connectivity index (χ3n) is 3.92. The van der Waals surface area contributed by atoms with Gasteiger partial charge in [-0.2, -0.15) is 0 Å². The van der Waals surface area contributed by atoms with Crippen LogP contribution in [-0.4, -0.2) is 53.4 Å². The topological polar surface area (TPSA) is 39.3 Å². The molecule has 2 aromatic rings. The summed E-state index contributed by atoms with van der Waals surface area (Å²) >= 11 is 0. The van der Waals surface area contributed by atoms with Crippen molar-refractivity contribution in [3.05, 3.63) is 36.0 Å². The van der Waals surface area contributed by atoms with Crippen LogP contribution in [0, 0.1) is 0 Å². The van der Waals surface area contributed by atoms with Gasteiger partial charge in [0.1, 0.15) is 0 Å². The maximum atomic E-state index is 12.6. The number of aromatic nitrogens is 1. The summed E-state index contributed by atoms with van der Waals surface area (Å²) in [7, 11) is 0. The first kappa shape index (κ1) is 12.2. The Bertz CT molecular complexity index is 582. The first-order valence-electron chi connectivity index (χ1n) is 6.87. The second-order valence-electron chi connectivity index (χ2n) is 4.97. The van der Waals surface area contributed by atoms with Gasteiger partial charge in [0.15, 0.2) is 0 Å². The Morgan fingerprint density at radius 2 is 2.00 bits per heavy atom. The Kier molecular flexibility index (Phi) is 3.25. The minimum Gasteiger partial charge on any atom is -0.361 e. The van der Waals surface area contributed by atoms with Gasteiger partial charge in [0.2, 0.25) is 0 Å². The zero-order chi connectivity index (χ0) is 13.2. The number of H-pyrrole nitrogens is 1. The van der Waals surface area contributed by atoms with Crippen LogP contribution in [0.25, 0.3) is 10.9 Å². The van der Waals surface area contributed by atoms with Gasteiger partial charge >= 0.3 is 0 Å². The fourth-order valence-electron chi connectivity index (χ4n) is 2.70. The molecule has 19 heavy (non-hydrogen) atoms. The molecule has 100 valence electrons. The number of piperazine rings is 1. The molecule has 1 aliphatic rings. The van der Waals surface area contributed by atoms with E-state index in [1.54, 1.807) is 0 Å². The van der Waals surface area contributed by atoms with Gasteiger partial charge in [-0.3, -0.25) is 4.79 Å². The van der Waals surface area contributed by atoms with Crippen molar-refractivity contribution in [1.29, 1.82) is 0 Å². The van der Waals surface area contributed by atoms with Gasteiger partial charge in [0.05, 0.1) is 11.1 Å². The molecular formula is C15H19N3O. The zero-order valence-electron chi connectivity index (χ0n) is 11.2. The highest BCUT2D eigenvalue weighted by Gasteiger charge is 2.22. The number of amides is 1. The summed E-state index contributed by atoms with van der Waals surface area (Å²) in [6, 6.07) is 7.89. The van der Waals surface area contributed by atoms with E-state index in [4.69, 9.17) is 0 Å². The molecule has 1 amide bonds. The number of nitrogens with one attached hydrogen (secondary N) is 1. The fourth-order valence-corrected chi connectivity index (χ4v) is 2.70. The highest BCUT2D eigenvalue weighted by atomic mass is 16.2. The molecule has 0 unspecified atom stereocenters. The summed E-state index contributed by atoms with van der Waals surface area (Å²) in [6.07, 6.45) is 1.89. The number of nitrogens with zero attached hydrogens (tertiary/aromatic N) is 2. The lowest BCUT2D eigenvalue weighted by atomic mass is 10.1. The molecule has 0 aliphatic carbocycles. The first-order valence-corrected chi connectivity index (χ1v) is 6.87. The molecule has 1 saturated heterocycles. The largest absolute Gasteiger partial charge is 0.361 e. The molecule has 1 N–H and O–H groups in total. The van der Waals surface area contributed by atoms with Gasteiger partial charge in [-0.15, -0.1) is 0 Å². The van der Waals surface area contributed by atoms with E-state index in [2.05, 4.69) is 16.8 Å². The first-order chi connectivity index (χ1) is 9.29. The van der Waals surface area contributed by atoms with E-state index in [9.17, 15) is 4.79 Å². The zero-order valence-corrected chi connectivity index (χ0v) is 11.2. The number of carbonyl (C=O) groups is 1. The predicted octanol–water partition coefficient (Wildman–Crippen LogP) is 1.95. The van der Waals surface area contributed by atoms with Gasteiger partial charge in [-0.25, -0.2) is 0 Å². The maximum Gasteiger partial charge on any atom is 0.256 e. The van der Waals surface area contributed by atoms with Crippen molar-refractivity contribution in [1.82, 2.24) is 14.8 Å². The number of carbonyl (C=O) groups excluding carboxylic acids is 1. The maximum absolute atomic E-state index is 12.6. The average Bonchev–Trinajstić information content (AvgIpc) is 2.95. The molecule has 0 atom stereocenters. The number of para-hydroxylation sites is 1. The molecule has 2 heterocycles. The van der Waals surface area contributed by atoms with E-state index in [0.29, 0.717) is 0 Å².